The summed E-state index contributed by atoms with van der Waals surface area (Å²) < 4.78 is 0. The van der Waals surface area contributed by atoms with Gasteiger partial charge in [-0.3, -0.25) is 0 Å². The van der Waals surface area contributed by atoms with Gasteiger partial charge in [-0.15, -0.1) is 0 Å². The summed E-state index contributed by atoms with van der Waals surface area (Å²) in [5, 5.41) is 6.55. The second-order valence-electron chi connectivity index (χ2n) is 4.68. The van der Waals surface area contributed by atoms with Crippen LogP contribution in [0.2, 0.25) is 0 Å². The Kier molecular flexibility index (Phi) is 6.79. The zero-order valence-electron chi connectivity index (χ0n) is 12.5. The maximum atomic E-state index is 4.58. The van der Waals surface area contributed by atoms with E-state index in [1.165, 1.54) is 11.3 Å². The first-order valence-electron chi connectivity index (χ1n) is 6.95. The Balaban J connectivity index is 2.60. The van der Waals surface area contributed by atoms with Crippen molar-refractivity contribution in [2.45, 2.75) is 26.8 Å². The average molecular weight is 262 g/mol. The van der Waals surface area contributed by atoms with Gasteiger partial charge >= 0.3 is 0 Å². The van der Waals surface area contributed by atoms with Crippen molar-refractivity contribution >= 4 is 11.6 Å². The van der Waals surface area contributed by atoms with E-state index in [9.17, 15) is 0 Å². The Hall–Kier alpha value is -1.71. The molecule has 0 saturated heterocycles. The first-order chi connectivity index (χ1) is 9.17. The van der Waals surface area contributed by atoms with E-state index in [1.807, 2.05) is 14.1 Å². The van der Waals surface area contributed by atoms with Gasteiger partial charge < -0.3 is 15.5 Å². The highest BCUT2D eigenvalue weighted by molar-refractivity contribution is 5.79. The van der Waals surface area contributed by atoms with Gasteiger partial charge in [-0.05, 0) is 31.0 Å². The molecule has 0 saturated carbocycles. The predicted molar refractivity (Wildman–Crippen MR) is 83.9 cm³/mol. The van der Waals surface area contributed by atoms with Crippen molar-refractivity contribution in [2.75, 3.05) is 32.1 Å². The van der Waals surface area contributed by atoms with E-state index < -0.39 is 0 Å². The molecule has 4 nitrogen and oxygen atoms in total. The third kappa shape index (κ3) is 5.64. The van der Waals surface area contributed by atoms with Crippen molar-refractivity contribution in [3.63, 3.8) is 0 Å². The minimum Gasteiger partial charge on any atom is -0.378 e. The molecule has 1 aromatic rings. The van der Waals surface area contributed by atoms with Crippen LogP contribution in [0.1, 0.15) is 25.8 Å². The Morgan fingerprint density at radius 2 is 1.79 bits per heavy atom. The molecular formula is C15H26N4. The number of nitrogens with one attached hydrogen (secondary N) is 2. The van der Waals surface area contributed by atoms with Crippen LogP contribution in [-0.4, -0.2) is 33.1 Å². The van der Waals surface area contributed by atoms with Gasteiger partial charge in [0.05, 0.1) is 6.54 Å². The molecule has 1 aromatic carbocycles. The SMILES string of the molecule is CCCNC(=NCc1ccc(N(C)C)cc1)NCC. The highest BCUT2D eigenvalue weighted by Gasteiger charge is 1.98. The van der Waals surface area contributed by atoms with Crippen LogP contribution < -0.4 is 15.5 Å². The van der Waals surface area contributed by atoms with Gasteiger partial charge in [0.25, 0.3) is 0 Å². The number of aliphatic imine (C=N–C) groups is 1. The molecule has 0 unspecified atom stereocenters. The zero-order chi connectivity index (χ0) is 14.1. The number of benzene rings is 1. The Labute approximate surface area is 116 Å². The number of anilines is 1. The molecule has 0 aliphatic heterocycles. The van der Waals surface area contributed by atoms with Crippen LogP contribution in [0.5, 0.6) is 0 Å². The van der Waals surface area contributed by atoms with Crippen molar-refractivity contribution in [2.24, 2.45) is 4.99 Å². The number of rotatable bonds is 6. The Morgan fingerprint density at radius 3 is 2.32 bits per heavy atom. The third-order valence-corrected chi connectivity index (χ3v) is 2.76. The van der Waals surface area contributed by atoms with Crippen LogP contribution in [0.4, 0.5) is 5.69 Å². The summed E-state index contributed by atoms with van der Waals surface area (Å²) in [6.45, 7) is 6.76. The second kappa shape index (κ2) is 8.40. The van der Waals surface area contributed by atoms with Crippen molar-refractivity contribution in [1.82, 2.24) is 10.6 Å². The largest absolute Gasteiger partial charge is 0.378 e. The molecule has 0 heterocycles. The lowest BCUT2D eigenvalue weighted by molar-refractivity contribution is 0.785. The molecule has 0 fully saturated rings. The number of hydrogen-bond acceptors (Lipinski definition) is 2. The summed E-state index contributed by atoms with van der Waals surface area (Å²) in [6, 6.07) is 8.50. The highest BCUT2D eigenvalue weighted by atomic mass is 15.2. The first kappa shape index (κ1) is 15.3. The minimum absolute atomic E-state index is 0.701. The van der Waals surface area contributed by atoms with Gasteiger partial charge in [-0.1, -0.05) is 19.1 Å². The lowest BCUT2D eigenvalue weighted by Crippen LogP contribution is -2.37. The molecule has 0 aliphatic rings. The summed E-state index contributed by atoms with van der Waals surface area (Å²) >= 11 is 0. The maximum Gasteiger partial charge on any atom is 0.191 e. The van der Waals surface area contributed by atoms with Crippen LogP contribution in [0.15, 0.2) is 29.3 Å². The summed E-state index contributed by atoms with van der Waals surface area (Å²) in [4.78, 5) is 6.67. The zero-order valence-corrected chi connectivity index (χ0v) is 12.5. The van der Waals surface area contributed by atoms with Crippen LogP contribution in [0.25, 0.3) is 0 Å². The molecule has 4 heteroatoms. The summed E-state index contributed by atoms with van der Waals surface area (Å²) in [7, 11) is 4.09. The molecule has 106 valence electrons. The van der Waals surface area contributed by atoms with E-state index in [-0.39, 0.29) is 0 Å². The Morgan fingerprint density at radius 1 is 1.11 bits per heavy atom. The molecule has 0 amide bonds. The van der Waals surface area contributed by atoms with Crippen LogP contribution in [0, 0.1) is 0 Å². The molecule has 1 rings (SSSR count). The third-order valence-electron chi connectivity index (χ3n) is 2.76. The van der Waals surface area contributed by atoms with Crippen molar-refractivity contribution in [3.8, 4) is 0 Å². The molecule has 0 bridgehead atoms. The Bertz CT molecular complexity index is 382. The molecule has 2 N–H and O–H groups in total. The van der Waals surface area contributed by atoms with Crippen LogP contribution >= 0.6 is 0 Å². The first-order valence-corrected chi connectivity index (χ1v) is 6.95. The molecule has 0 aliphatic carbocycles. The smallest absolute Gasteiger partial charge is 0.191 e. The van der Waals surface area contributed by atoms with E-state index in [1.54, 1.807) is 0 Å². The summed E-state index contributed by atoms with van der Waals surface area (Å²) in [5.74, 6) is 0.890. The van der Waals surface area contributed by atoms with E-state index in [0.29, 0.717) is 6.54 Å². The van der Waals surface area contributed by atoms with Crippen LogP contribution in [-0.2, 0) is 6.54 Å². The molecule has 19 heavy (non-hydrogen) atoms. The van der Waals surface area contributed by atoms with Gasteiger partial charge in [0.15, 0.2) is 5.96 Å². The normalized spacial score (nSPS) is 11.3. The molecule has 0 radical (unpaired) electrons. The molecule has 0 aromatic heterocycles. The van der Waals surface area contributed by atoms with E-state index >= 15 is 0 Å². The van der Waals surface area contributed by atoms with Gasteiger partial charge in [0.1, 0.15) is 0 Å². The number of hydrogen-bond donors (Lipinski definition) is 2. The summed E-state index contributed by atoms with van der Waals surface area (Å²) in [6.07, 6.45) is 1.10. The minimum atomic E-state index is 0.701. The van der Waals surface area contributed by atoms with Gasteiger partial charge in [0.2, 0.25) is 0 Å². The van der Waals surface area contributed by atoms with Crippen molar-refractivity contribution in [1.29, 1.82) is 0 Å². The van der Waals surface area contributed by atoms with Crippen molar-refractivity contribution in [3.05, 3.63) is 29.8 Å². The van der Waals surface area contributed by atoms with Crippen molar-refractivity contribution < 1.29 is 0 Å². The maximum absolute atomic E-state index is 4.58. The quantitative estimate of drug-likeness (QED) is 0.610. The lowest BCUT2D eigenvalue weighted by atomic mass is 10.2. The molecular weight excluding hydrogens is 236 g/mol. The standard InChI is InChI=1S/C15H26N4/c1-5-11-17-15(16-6-2)18-12-13-7-9-14(10-8-13)19(3)4/h7-10H,5-6,11-12H2,1-4H3,(H2,16,17,18). The highest BCUT2D eigenvalue weighted by Crippen LogP contribution is 2.12. The molecule has 0 atom stereocenters. The number of nitrogens with zero attached hydrogens (tertiary/aromatic N) is 2. The molecule has 0 spiro atoms. The lowest BCUT2D eigenvalue weighted by Gasteiger charge is -2.13. The fourth-order valence-corrected chi connectivity index (χ4v) is 1.65. The average Bonchev–Trinajstić information content (AvgIpc) is 2.42. The van der Waals surface area contributed by atoms with Gasteiger partial charge in [-0.25, -0.2) is 4.99 Å². The number of guanidine groups is 1. The fourth-order valence-electron chi connectivity index (χ4n) is 1.65. The predicted octanol–water partition coefficient (Wildman–Crippen LogP) is 2.22. The van der Waals surface area contributed by atoms with Crippen LogP contribution in [0.3, 0.4) is 0 Å². The fraction of sp³-hybridized carbons (Fsp3) is 0.533. The van der Waals surface area contributed by atoms with Gasteiger partial charge in [-0.2, -0.15) is 0 Å². The van der Waals surface area contributed by atoms with Gasteiger partial charge in [0, 0.05) is 32.9 Å². The second-order valence-corrected chi connectivity index (χ2v) is 4.68. The van der Waals surface area contributed by atoms with E-state index in [4.69, 9.17) is 0 Å². The van der Waals surface area contributed by atoms with E-state index in [2.05, 4.69) is 58.6 Å². The summed E-state index contributed by atoms with van der Waals surface area (Å²) in [5.41, 5.74) is 2.43. The van der Waals surface area contributed by atoms with E-state index in [0.717, 1.165) is 25.5 Å². The topological polar surface area (TPSA) is 39.7 Å². The monoisotopic (exact) mass is 262 g/mol.